The van der Waals surface area contributed by atoms with Gasteiger partial charge in [-0.3, -0.25) is 4.90 Å². The number of H-pyrrole nitrogens is 1. The van der Waals surface area contributed by atoms with Crippen LogP contribution < -0.4 is 0 Å². The summed E-state index contributed by atoms with van der Waals surface area (Å²) in [5.41, 5.74) is 1.05. The van der Waals surface area contributed by atoms with Crippen molar-refractivity contribution < 1.29 is 0 Å². The van der Waals surface area contributed by atoms with Crippen molar-refractivity contribution in [2.75, 3.05) is 19.5 Å². The van der Waals surface area contributed by atoms with Crippen LogP contribution in [0.1, 0.15) is 5.69 Å². The molecule has 0 unspecified atom stereocenters. The lowest BCUT2D eigenvalue weighted by molar-refractivity contribution is 0.344. The summed E-state index contributed by atoms with van der Waals surface area (Å²) in [5.74, 6) is 0.668. The van der Waals surface area contributed by atoms with Gasteiger partial charge in [-0.1, -0.05) is 0 Å². The summed E-state index contributed by atoms with van der Waals surface area (Å²) in [6.45, 7) is 1.75. The molecule has 4 heteroatoms. The van der Waals surface area contributed by atoms with Crippen molar-refractivity contribution in [3.8, 4) is 0 Å². The highest BCUT2D eigenvalue weighted by Crippen LogP contribution is 1.96. The third kappa shape index (κ3) is 2.91. The molecule has 1 aromatic heterocycles. The highest BCUT2D eigenvalue weighted by Gasteiger charge is 1.99. The molecular formula is C7H12ClN3. The van der Waals surface area contributed by atoms with Gasteiger partial charge in [0.15, 0.2) is 0 Å². The molecule has 0 atom stereocenters. The smallest absolute Gasteiger partial charge is 0.0923 e. The first kappa shape index (κ1) is 8.56. The molecule has 0 fully saturated rings. The Morgan fingerprint density at radius 1 is 1.73 bits per heavy atom. The second-order valence-electron chi connectivity index (χ2n) is 2.49. The molecule has 0 aliphatic rings. The topological polar surface area (TPSA) is 31.9 Å². The fourth-order valence-corrected chi connectivity index (χ4v) is 1.17. The highest BCUT2D eigenvalue weighted by molar-refractivity contribution is 6.18. The van der Waals surface area contributed by atoms with E-state index in [2.05, 4.69) is 14.9 Å². The Hall–Kier alpha value is -0.540. The molecule has 0 spiro atoms. The van der Waals surface area contributed by atoms with E-state index >= 15 is 0 Å². The Morgan fingerprint density at radius 3 is 3.09 bits per heavy atom. The predicted octanol–water partition coefficient (Wildman–Crippen LogP) is 1.08. The second-order valence-corrected chi connectivity index (χ2v) is 2.87. The van der Waals surface area contributed by atoms with E-state index < -0.39 is 0 Å². The number of aromatic amines is 1. The number of halogens is 1. The highest BCUT2D eigenvalue weighted by atomic mass is 35.5. The van der Waals surface area contributed by atoms with Gasteiger partial charge in [-0.15, -0.1) is 11.6 Å². The van der Waals surface area contributed by atoms with Gasteiger partial charge in [0.2, 0.25) is 0 Å². The minimum absolute atomic E-state index is 0.668. The molecule has 1 heterocycles. The molecule has 0 saturated heterocycles. The maximum absolute atomic E-state index is 5.57. The van der Waals surface area contributed by atoms with Gasteiger partial charge in [0.25, 0.3) is 0 Å². The zero-order chi connectivity index (χ0) is 8.10. The molecule has 0 aromatic carbocycles. The molecule has 0 radical (unpaired) electrons. The molecule has 62 valence electrons. The third-order valence-electron chi connectivity index (χ3n) is 1.45. The van der Waals surface area contributed by atoms with E-state index in [1.807, 2.05) is 13.2 Å². The van der Waals surface area contributed by atoms with E-state index in [1.54, 1.807) is 6.33 Å². The van der Waals surface area contributed by atoms with Crippen molar-refractivity contribution in [3.05, 3.63) is 18.2 Å². The molecule has 0 saturated carbocycles. The van der Waals surface area contributed by atoms with Gasteiger partial charge in [0.05, 0.1) is 12.0 Å². The summed E-state index contributed by atoms with van der Waals surface area (Å²) >= 11 is 5.57. The van der Waals surface area contributed by atoms with Crippen LogP contribution in [0.5, 0.6) is 0 Å². The first-order valence-corrected chi connectivity index (χ1v) is 4.08. The molecule has 0 bridgehead atoms. The van der Waals surface area contributed by atoms with Gasteiger partial charge >= 0.3 is 0 Å². The first-order chi connectivity index (χ1) is 5.33. The molecular weight excluding hydrogens is 162 g/mol. The van der Waals surface area contributed by atoms with E-state index in [0.29, 0.717) is 5.88 Å². The number of alkyl halides is 1. The van der Waals surface area contributed by atoms with Crippen LogP contribution in [0.4, 0.5) is 0 Å². The summed E-state index contributed by atoms with van der Waals surface area (Å²) < 4.78 is 0. The van der Waals surface area contributed by atoms with Crippen molar-refractivity contribution in [2.24, 2.45) is 0 Å². The average molecular weight is 174 g/mol. The zero-order valence-electron chi connectivity index (χ0n) is 6.55. The third-order valence-corrected chi connectivity index (χ3v) is 1.62. The Morgan fingerprint density at radius 2 is 2.55 bits per heavy atom. The molecule has 0 amide bonds. The number of nitrogens with one attached hydrogen (secondary N) is 1. The quantitative estimate of drug-likeness (QED) is 0.692. The van der Waals surface area contributed by atoms with Gasteiger partial charge in [-0.2, -0.15) is 0 Å². The van der Waals surface area contributed by atoms with Crippen LogP contribution >= 0.6 is 11.6 Å². The Balaban J connectivity index is 2.31. The number of imidazole rings is 1. The van der Waals surface area contributed by atoms with Crippen LogP contribution in [0.2, 0.25) is 0 Å². The minimum Gasteiger partial charge on any atom is -0.351 e. The summed E-state index contributed by atoms with van der Waals surface area (Å²) in [4.78, 5) is 9.13. The summed E-state index contributed by atoms with van der Waals surface area (Å²) in [6, 6.07) is 0. The SMILES string of the molecule is CN(CCCl)Cc1c[nH]cn1. The van der Waals surface area contributed by atoms with Gasteiger partial charge in [-0.05, 0) is 7.05 Å². The van der Waals surface area contributed by atoms with Crippen molar-refractivity contribution in [1.82, 2.24) is 14.9 Å². The molecule has 1 rings (SSSR count). The fraction of sp³-hybridized carbons (Fsp3) is 0.571. The molecule has 3 nitrogen and oxygen atoms in total. The summed E-state index contributed by atoms with van der Waals surface area (Å²) in [6.07, 6.45) is 3.58. The van der Waals surface area contributed by atoms with Crippen LogP contribution in [0.15, 0.2) is 12.5 Å². The number of nitrogens with zero attached hydrogens (tertiary/aromatic N) is 2. The lowest BCUT2D eigenvalue weighted by Gasteiger charge is -2.12. The monoisotopic (exact) mass is 173 g/mol. The van der Waals surface area contributed by atoms with Gasteiger partial charge in [0.1, 0.15) is 0 Å². The standard InChI is InChI=1S/C7H12ClN3/c1-11(3-2-8)5-7-4-9-6-10-7/h4,6H,2-3,5H2,1H3,(H,9,10). The van der Waals surface area contributed by atoms with E-state index in [1.165, 1.54) is 0 Å². The number of hydrogen-bond donors (Lipinski definition) is 1. The van der Waals surface area contributed by atoms with Crippen LogP contribution in [-0.2, 0) is 6.54 Å². The van der Waals surface area contributed by atoms with E-state index in [4.69, 9.17) is 11.6 Å². The normalized spacial score (nSPS) is 10.8. The molecule has 0 aliphatic carbocycles. The van der Waals surface area contributed by atoms with Crippen LogP contribution in [0, 0.1) is 0 Å². The maximum atomic E-state index is 5.57. The van der Waals surface area contributed by atoms with Gasteiger partial charge in [-0.25, -0.2) is 4.98 Å². The van der Waals surface area contributed by atoms with Crippen molar-refractivity contribution in [2.45, 2.75) is 6.54 Å². The summed E-state index contributed by atoms with van der Waals surface area (Å²) in [5, 5.41) is 0. The minimum atomic E-state index is 0.668. The molecule has 1 N–H and O–H groups in total. The number of hydrogen-bond acceptors (Lipinski definition) is 2. The van der Waals surface area contributed by atoms with E-state index in [0.717, 1.165) is 18.8 Å². The zero-order valence-corrected chi connectivity index (χ0v) is 7.30. The molecule has 0 aliphatic heterocycles. The predicted molar refractivity (Wildman–Crippen MR) is 45.6 cm³/mol. The maximum Gasteiger partial charge on any atom is 0.0923 e. The second kappa shape index (κ2) is 4.36. The van der Waals surface area contributed by atoms with Crippen LogP contribution in [0.3, 0.4) is 0 Å². The van der Waals surface area contributed by atoms with Crippen LogP contribution in [-0.4, -0.2) is 34.3 Å². The Kier molecular flexibility index (Phi) is 3.39. The fourth-order valence-electron chi connectivity index (χ4n) is 0.877. The van der Waals surface area contributed by atoms with Crippen molar-refractivity contribution in [1.29, 1.82) is 0 Å². The summed E-state index contributed by atoms with van der Waals surface area (Å²) in [7, 11) is 2.02. The van der Waals surface area contributed by atoms with Gasteiger partial charge < -0.3 is 4.98 Å². The average Bonchev–Trinajstić information content (AvgIpc) is 2.40. The first-order valence-electron chi connectivity index (χ1n) is 3.55. The van der Waals surface area contributed by atoms with E-state index in [-0.39, 0.29) is 0 Å². The number of rotatable bonds is 4. The molecule has 1 aromatic rings. The lowest BCUT2D eigenvalue weighted by Crippen LogP contribution is -2.20. The Labute approximate surface area is 71.4 Å². The van der Waals surface area contributed by atoms with Crippen molar-refractivity contribution in [3.63, 3.8) is 0 Å². The molecule has 11 heavy (non-hydrogen) atoms. The number of aromatic nitrogens is 2. The van der Waals surface area contributed by atoms with Crippen molar-refractivity contribution >= 4 is 11.6 Å². The van der Waals surface area contributed by atoms with Gasteiger partial charge in [0, 0.05) is 25.2 Å². The van der Waals surface area contributed by atoms with E-state index in [9.17, 15) is 0 Å². The van der Waals surface area contributed by atoms with Crippen LogP contribution in [0.25, 0.3) is 0 Å². The Bertz CT molecular complexity index is 186. The largest absolute Gasteiger partial charge is 0.351 e. The lowest BCUT2D eigenvalue weighted by atomic mass is 10.4.